The van der Waals surface area contributed by atoms with Crippen molar-refractivity contribution in [2.75, 3.05) is 13.1 Å². The Balaban J connectivity index is 1.43. The number of piperidine rings is 1. The molecule has 0 bridgehead atoms. The minimum Gasteiger partial charge on any atom is -0.346 e. The molecule has 1 aliphatic heterocycles. The van der Waals surface area contributed by atoms with Gasteiger partial charge in [0.1, 0.15) is 11.6 Å². The zero-order valence-corrected chi connectivity index (χ0v) is 20.4. The Kier molecular flexibility index (Phi) is 6.58. The first-order chi connectivity index (χ1) is 15.7. The number of imidazole rings is 2. The second-order valence-corrected chi connectivity index (χ2v) is 10.8. The molecule has 1 fully saturated rings. The van der Waals surface area contributed by atoms with Gasteiger partial charge in [-0.15, -0.1) is 0 Å². The fourth-order valence-electron chi connectivity index (χ4n) is 4.25. The molecule has 178 valence electrons. The molecule has 2 unspecified atom stereocenters. The van der Waals surface area contributed by atoms with E-state index < -0.39 is 10.0 Å². The fraction of sp³-hybridized carbons (Fsp3) is 0.522. The molecule has 1 saturated heterocycles. The number of aromatic amines is 1. The van der Waals surface area contributed by atoms with Gasteiger partial charge in [0.2, 0.25) is 5.91 Å². The van der Waals surface area contributed by atoms with Gasteiger partial charge in [-0.25, -0.2) is 18.4 Å². The highest BCUT2D eigenvalue weighted by Gasteiger charge is 2.35. The Hall–Kier alpha value is -2.72. The Bertz CT molecular complexity index is 1190. The molecule has 9 nitrogen and oxygen atoms in total. The molecular formula is C23H32N6O3S. The summed E-state index contributed by atoms with van der Waals surface area (Å²) < 4.78 is 29.0. The minimum absolute atomic E-state index is 0.0496. The fourth-order valence-corrected chi connectivity index (χ4v) is 5.74. The van der Waals surface area contributed by atoms with Gasteiger partial charge in [0.05, 0.1) is 17.1 Å². The number of carbonyl (C=O) groups excluding carboxylic acids is 1. The lowest BCUT2D eigenvalue weighted by Crippen LogP contribution is -2.44. The number of carbonyl (C=O) groups is 1. The van der Waals surface area contributed by atoms with E-state index in [-0.39, 0.29) is 28.8 Å². The lowest BCUT2D eigenvalue weighted by atomic mass is 9.94. The lowest BCUT2D eigenvalue weighted by Gasteiger charge is -2.31. The predicted octanol–water partition coefficient (Wildman–Crippen LogP) is 2.91. The molecule has 1 aromatic carbocycles. The van der Waals surface area contributed by atoms with E-state index in [1.54, 1.807) is 18.5 Å². The molecule has 0 aliphatic carbocycles. The zero-order chi connectivity index (χ0) is 23.8. The molecule has 3 heterocycles. The summed E-state index contributed by atoms with van der Waals surface area (Å²) in [6, 6.07) is 7.59. The van der Waals surface area contributed by atoms with Gasteiger partial charge < -0.3 is 14.9 Å². The summed E-state index contributed by atoms with van der Waals surface area (Å²) in [6.07, 6.45) is 3.38. The molecule has 10 heteroatoms. The van der Waals surface area contributed by atoms with Gasteiger partial charge in [0, 0.05) is 32.3 Å². The Morgan fingerprint density at radius 3 is 2.55 bits per heavy atom. The Morgan fingerprint density at radius 2 is 1.94 bits per heavy atom. The number of fused-ring (bicyclic) bond motifs is 1. The summed E-state index contributed by atoms with van der Waals surface area (Å²) >= 11 is 0. The molecule has 1 aliphatic rings. The second kappa shape index (κ2) is 9.26. The molecule has 33 heavy (non-hydrogen) atoms. The number of H-pyrrole nitrogens is 1. The van der Waals surface area contributed by atoms with Gasteiger partial charge in [-0.2, -0.15) is 4.31 Å². The highest BCUT2D eigenvalue weighted by Crippen LogP contribution is 2.28. The van der Waals surface area contributed by atoms with Crippen molar-refractivity contribution in [3.05, 3.63) is 42.1 Å². The number of rotatable bonds is 7. The van der Waals surface area contributed by atoms with Crippen LogP contribution in [0.1, 0.15) is 50.8 Å². The van der Waals surface area contributed by atoms with Crippen LogP contribution in [0, 0.1) is 18.8 Å². The molecule has 0 spiro atoms. The third kappa shape index (κ3) is 4.67. The van der Waals surface area contributed by atoms with Crippen LogP contribution in [-0.4, -0.2) is 51.2 Å². The van der Waals surface area contributed by atoms with E-state index in [1.807, 2.05) is 24.3 Å². The number of nitrogens with zero attached hydrogens (tertiary/aromatic N) is 4. The zero-order valence-electron chi connectivity index (χ0n) is 19.6. The molecule has 1 amide bonds. The van der Waals surface area contributed by atoms with E-state index in [9.17, 15) is 13.2 Å². The van der Waals surface area contributed by atoms with Crippen LogP contribution in [0.2, 0.25) is 0 Å². The number of hydrogen-bond donors (Lipinski definition) is 2. The first-order valence-corrected chi connectivity index (χ1v) is 12.9. The van der Waals surface area contributed by atoms with E-state index in [1.165, 1.54) is 10.5 Å². The van der Waals surface area contributed by atoms with Crippen molar-refractivity contribution in [1.82, 2.24) is 29.1 Å². The van der Waals surface area contributed by atoms with Crippen molar-refractivity contribution in [3.8, 4) is 0 Å². The van der Waals surface area contributed by atoms with Crippen LogP contribution in [-0.2, 0) is 21.9 Å². The average molecular weight is 473 g/mol. The maximum atomic E-state index is 13.2. The van der Waals surface area contributed by atoms with E-state index >= 15 is 0 Å². The molecular weight excluding hydrogens is 440 g/mol. The number of benzene rings is 1. The Morgan fingerprint density at radius 1 is 1.24 bits per heavy atom. The molecule has 0 radical (unpaired) electrons. The second-order valence-electron chi connectivity index (χ2n) is 8.93. The SMILES string of the molecule is CCC(C)C(NC(=O)C1CCN(S(=O)(=O)c2cn(C)c(C)n2)CC1)c1nc2ccccc2[nH]1. The van der Waals surface area contributed by atoms with Crippen LogP contribution < -0.4 is 5.32 Å². The van der Waals surface area contributed by atoms with Crippen molar-refractivity contribution in [3.63, 3.8) is 0 Å². The third-order valence-corrected chi connectivity index (χ3v) is 8.50. The van der Waals surface area contributed by atoms with Crippen molar-refractivity contribution >= 4 is 27.0 Å². The van der Waals surface area contributed by atoms with Gasteiger partial charge in [-0.3, -0.25) is 4.79 Å². The van der Waals surface area contributed by atoms with Gasteiger partial charge >= 0.3 is 0 Å². The topological polar surface area (TPSA) is 113 Å². The summed E-state index contributed by atoms with van der Waals surface area (Å²) in [5.74, 6) is 1.31. The van der Waals surface area contributed by atoms with Crippen molar-refractivity contribution in [2.45, 2.75) is 51.1 Å². The van der Waals surface area contributed by atoms with Crippen LogP contribution in [0.4, 0.5) is 0 Å². The minimum atomic E-state index is -3.66. The number of amides is 1. The summed E-state index contributed by atoms with van der Waals surface area (Å²) in [6.45, 7) is 6.56. The number of aryl methyl sites for hydroxylation is 2. The highest BCUT2D eigenvalue weighted by atomic mass is 32.2. The van der Waals surface area contributed by atoms with Crippen molar-refractivity contribution < 1.29 is 13.2 Å². The predicted molar refractivity (Wildman–Crippen MR) is 126 cm³/mol. The third-order valence-electron chi connectivity index (χ3n) is 6.73. The maximum absolute atomic E-state index is 13.2. The maximum Gasteiger partial charge on any atom is 0.262 e. The van der Waals surface area contributed by atoms with Crippen LogP contribution in [0.3, 0.4) is 0 Å². The molecule has 4 rings (SSSR count). The van der Waals surface area contributed by atoms with Gasteiger partial charge in [0.25, 0.3) is 10.0 Å². The lowest BCUT2D eigenvalue weighted by molar-refractivity contribution is -0.127. The summed E-state index contributed by atoms with van der Waals surface area (Å²) in [4.78, 5) is 25.4. The molecule has 2 atom stereocenters. The number of nitrogens with one attached hydrogen (secondary N) is 2. The Labute approximate surface area is 194 Å². The van der Waals surface area contributed by atoms with E-state index in [0.717, 1.165) is 23.3 Å². The largest absolute Gasteiger partial charge is 0.346 e. The van der Waals surface area contributed by atoms with Crippen LogP contribution >= 0.6 is 0 Å². The van der Waals surface area contributed by atoms with E-state index in [2.05, 4.69) is 29.1 Å². The summed E-state index contributed by atoms with van der Waals surface area (Å²) in [5, 5.41) is 3.26. The van der Waals surface area contributed by atoms with Crippen LogP contribution in [0.25, 0.3) is 11.0 Å². The molecule has 3 aromatic rings. The van der Waals surface area contributed by atoms with E-state index in [0.29, 0.717) is 31.8 Å². The number of aromatic nitrogens is 4. The number of para-hydroxylation sites is 2. The standard InChI is InChI=1S/C23H32N6O3S/c1-5-15(2)21(22-25-18-8-6-7-9-19(18)26-22)27-23(30)17-10-12-29(13-11-17)33(31,32)20-14-28(4)16(3)24-20/h6-9,14-15,17,21H,5,10-13H2,1-4H3,(H,25,26)(H,27,30). The monoisotopic (exact) mass is 472 g/mol. The van der Waals surface area contributed by atoms with Crippen LogP contribution in [0.15, 0.2) is 35.5 Å². The van der Waals surface area contributed by atoms with E-state index in [4.69, 9.17) is 4.98 Å². The first-order valence-electron chi connectivity index (χ1n) is 11.5. The van der Waals surface area contributed by atoms with Crippen molar-refractivity contribution in [2.24, 2.45) is 18.9 Å². The number of sulfonamides is 1. The van der Waals surface area contributed by atoms with Gasteiger partial charge in [-0.05, 0) is 37.8 Å². The quantitative estimate of drug-likeness (QED) is 0.549. The molecule has 0 saturated carbocycles. The van der Waals surface area contributed by atoms with Gasteiger partial charge in [0.15, 0.2) is 5.03 Å². The smallest absolute Gasteiger partial charge is 0.262 e. The summed E-state index contributed by atoms with van der Waals surface area (Å²) in [7, 11) is -1.88. The van der Waals surface area contributed by atoms with Crippen molar-refractivity contribution in [1.29, 1.82) is 0 Å². The average Bonchev–Trinajstić information content (AvgIpc) is 3.40. The van der Waals surface area contributed by atoms with Gasteiger partial charge in [-0.1, -0.05) is 32.4 Å². The number of hydrogen-bond acceptors (Lipinski definition) is 5. The molecule has 2 aromatic heterocycles. The first kappa shape index (κ1) is 23.4. The highest BCUT2D eigenvalue weighted by molar-refractivity contribution is 7.89. The summed E-state index contributed by atoms with van der Waals surface area (Å²) in [5.41, 5.74) is 1.82. The van der Waals surface area contributed by atoms with Crippen LogP contribution in [0.5, 0.6) is 0 Å². The molecule has 2 N–H and O–H groups in total. The normalized spacial score (nSPS) is 17.8.